The highest BCUT2D eigenvalue weighted by molar-refractivity contribution is 7.99. The van der Waals surface area contributed by atoms with Gasteiger partial charge < -0.3 is 9.88 Å². The predicted molar refractivity (Wildman–Crippen MR) is 74.5 cm³/mol. The van der Waals surface area contributed by atoms with Gasteiger partial charge in [-0.2, -0.15) is 11.8 Å². The zero-order valence-electron chi connectivity index (χ0n) is 10.9. The number of nitrogens with zero attached hydrogens (tertiary/aromatic N) is 2. The molecule has 1 aromatic heterocycles. The van der Waals surface area contributed by atoms with E-state index in [0.29, 0.717) is 5.92 Å². The van der Waals surface area contributed by atoms with Crippen LogP contribution in [0, 0.1) is 12.8 Å². The Morgan fingerprint density at radius 2 is 2.29 bits per heavy atom. The minimum absolute atomic E-state index is 0.664. The zero-order valence-corrected chi connectivity index (χ0v) is 11.7. The van der Waals surface area contributed by atoms with Crippen LogP contribution in [0.2, 0.25) is 0 Å². The van der Waals surface area contributed by atoms with Crippen LogP contribution in [-0.2, 0) is 6.54 Å². The first-order valence-electron chi connectivity index (χ1n) is 6.54. The van der Waals surface area contributed by atoms with Crippen LogP contribution in [0.5, 0.6) is 0 Å². The molecule has 3 nitrogen and oxygen atoms in total. The zero-order chi connectivity index (χ0) is 12.1. The predicted octanol–water partition coefficient (Wildman–Crippen LogP) is 2.31. The molecule has 17 heavy (non-hydrogen) atoms. The average Bonchev–Trinajstić information content (AvgIpc) is 2.74. The van der Waals surface area contributed by atoms with Gasteiger partial charge in [-0.3, -0.25) is 0 Å². The molecule has 4 heteroatoms. The quantitative estimate of drug-likeness (QED) is 0.873. The van der Waals surface area contributed by atoms with E-state index < -0.39 is 0 Å². The standard InChI is InChI=1S/C13H23N3S/c1-11(10-16-6-5-14-12(16)2)9-15-13-3-7-17-8-4-13/h5-6,11,13,15H,3-4,7-10H2,1-2H3. The van der Waals surface area contributed by atoms with Crippen LogP contribution in [0.4, 0.5) is 0 Å². The van der Waals surface area contributed by atoms with E-state index in [1.54, 1.807) is 0 Å². The van der Waals surface area contributed by atoms with E-state index in [9.17, 15) is 0 Å². The molecule has 96 valence electrons. The van der Waals surface area contributed by atoms with Crippen molar-refractivity contribution in [2.45, 2.75) is 39.3 Å². The van der Waals surface area contributed by atoms with Gasteiger partial charge in [-0.1, -0.05) is 6.92 Å². The Kier molecular flexibility index (Phi) is 4.92. The van der Waals surface area contributed by atoms with Crippen molar-refractivity contribution < 1.29 is 0 Å². The van der Waals surface area contributed by atoms with E-state index in [-0.39, 0.29) is 0 Å². The molecule has 0 aromatic carbocycles. The summed E-state index contributed by atoms with van der Waals surface area (Å²) in [4.78, 5) is 4.26. The summed E-state index contributed by atoms with van der Waals surface area (Å²) in [6, 6.07) is 0.752. The number of aryl methyl sites for hydroxylation is 1. The van der Waals surface area contributed by atoms with E-state index in [1.165, 1.54) is 24.3 Å². The summed E-state index contributed by atoms with van der Waals surface area (Å²) in [6.45, 7) is 6.57. The van der Waals surface area contributed by atoms with Crippen molar-refractivity contribution in [3.05, 3.63) is 18.2 Å². The highest BCUT2D eigenvalue weighted by atomic mass is 32.2. The topological polar surface area (TPSA) is 29.9 Å². The fourth-order valence-corrected chi connectivity index (χ4v) is 3.37. The van der Waals surface area contributed by atoms with Gasteiger partial charge in [0.05, 0.1) is 0 Å². The van der Waals surface area contributed by atoms with Crippen molar-refractivity contribution in [2.24, 2.45) is 5.92 Å². The van der Waals surface area contributed by atoms with Crippen LogP contribution < -0.4 is 5.32 Å². The summed E-state index contributed by atoms with van der Waals surface area (Å²) in [7, 11) is 0. The first kappa shape index (κ1) is 13.0. The first-order valence-corrected chi connectivity index (χ1v) is 7.70. The molecule has 1 aromatic rings. The molecule has 0 saturated carbocycles. The molecule has 0 aliphatic carbocycles. The molecule has 1 atom stereocenters. The molecule has 1 aliphatic heterocycles. The molecule has 0 spiro atoms. The van der Waals surface area contributed by atoms with Gasteiger partial charge in [-0.05, 0) is 43.7 Å². The van der Waals surface area contributed by atoms with Crippen molar-refractivity contribution in [3.63, 3.8) is 0 Å². The van der Waals surface area contributed by atoms with Crippen LogP contribution in [0.25, 0.3) is 0 Å². The Morgan fingerprint density at radius 3 is 2.94 bits per heavy atom. The van der Waals surface area contributed by atoms with Crippen LogP contribution >= 0.6 is 11.8 Å². The third kappa shape index (κ3) is 4.03. The third-order valence-corrected chi connectivity index (χ3v) is 4.46. The number of thioether (sulfide) groups is 1. The average molecular weight is 253 g/mol. The van der Waals surface area contributed by atoms with Crippen molar-refractivity contribution in [3.8, 4) is 0 Å². The Morgan fingerprint density at radius 1 is 1.53 bits per heavy atom. The SMILES string of the molecule is Cc1nccn1CC(C)CNC1CCSCC1. The molecular formula is C13H23N3S. The summed E-state index contributed by atoms with van der Waals surface area (Å²) in [6.07, 6.45) is 6.62. The van der Waals surface area contributed by atoms with Crippen LogP contribution in [0.3, 0.4) is 0 Å². The van der Waals surface area contributed by atoms with E-state index in [0.717, 1.165) is 25.0 Å². The summed E-state index contributed by atoms with van der Waals surface area (Å²) in [5.41, 5.74) is 0. The second kappa shape index (κ2) is 6.45. The van der Waals surface area contributed by atoms with Crippen molar-refractivity contribution >= 4 is 11.8 Å². The molecule has 1 unspecified atom stereocenters. The molecular weight excluding hydrogens is 230 g/mol. The van der Waals surface area contributed by atoms with Gasteiger partial charge >= 0.3 is 0 Å². The van der Waals surface area contributed by atoms with Crippen molar-refractivity contribution in [2.75, 3.05) is 18.1 Å². The highest BCUT2D eigenvalue weighted by Gasteiger charge is 2.14. The minimum Gasteiger partial charge on any atom is -0.335 e. The molecule has 1 fully saturated rings. The van der Waals surface area contributed by atoms with Crippen LogP contribution in [-0.4, -0.2) is 33.6 Å². The molecule has 1 saturated heterocycles. The lowest BCUT2D eigenvalue weighted by atomic mass is 10.1. The van der Waals surface area contributed by atoms with Gasteiger partial charge in [-0.15, -0.1) is 0 Å². The molecule has 2 heterocycles. The van der Waals surface area contributed by atoms with Gasteiger partial charge in [0.2, 0.25) is 0 Å². The number of hydrogen-bond donors (Lipinski definition) is 1. The lowest BCUT2D eigenvalue weighted by molar-refractivity contribution is 0.392. The summed E-state index contributed by atoms with van der Waals surface area (Å²) >= 11 is 2.09. The number of nitrogens with one attached hydrogen (secondary N) is 1. The highest BCUT2D eigenvalue weighted by Crippen LogP contribution is 2.17. The third-order valence-electron chi connectivity index (χ3n) is 3.41. The number of aromatic nitrogens is 2. The van der Waals surface area contributed by atoms with E-state index >= 15 is 0 Å². The Bertz CT molecular complexity index is 331. The largest absolute Gasteiger partial charge is 0.335 e. The maximum atomic E-state index is 4.26. The summed E-state index contributed by atoms with van der Waals surface area (Å²) in [5.74, 6) is 4.43. The Hall–Kier alpha value is -0.480. The van der Waals surface area contributed by atoms with Crippen molar-refractivity contribution in [1.29, 1.82) is 0 Å². The molecule has 0 bridgehead atoms. The minimum atomic E-state index is 0.664. The monoisotopic (exact) mass is 253 g/mol. The number of rotatable bonds is 5. The van der Waals surface area contributed by atoms with E-state index in [1.807, 2.05) is 6.20 Å². The van der Waals surface area contributed by atoms with E-state index in [4.69, 9.17) is 0 Å². The van der Waals surface area contributed by atoms with Gasteiger partial charge in [-0.25, -0.2) is 4.98 Å². The Labute approximate surface area is 108 Å². The molecule has 2 rings (SSSR count). The number of hydrogen-bond acceptors (Lipinski definition) is 3. The molecule has 0 radical (unpaired) electrons. The van der Waals surface area contributed by atoms with Gasteiger partial charge in [0, 0.05) is 25.0 Å². The first-order chi connectivity index (χ1) is 8.25. The smallest absolute Gasteiger partial charge is 0.105 e. The molecule has 1 N–H and O–H groups in total. The maximum absolute atomic E-state index is 4.26. The fourth-order valence-electron chi connectivity index (χ4n) is 2.27. The summed E-state index contributed by atoms with van der Waals surface area (Å²) in [5, 5.41) is 3.71. The molecule has 0 amide bonds. The van der Waals surface area contributed by atoms with Crippen LogP contribution in [0.1, 0.15) is 25.6 Å². The second-order valence-corrected chi connectivity index (χ2v) is 6.25. The molecule has 1 aliphatic rings. The fraction of sp³-hybridized carbons (Fsp3) is 0.769. The van der Waals surface area contributed by atoms with Crippen molar-refractivity contribution in [1.82, 2.24) is 14.9 Å². The lowest BCUT2D eigenvalue weighted by Gasteiger charge is -2.24. The normalized spacial score (nSPS) is 19.4. The van der Waals surface area contributed by atoms with Gasteiger partial charge in [0.1, 0.15) is 5.82 Å². The maximum Gasteiger partial charge on any atom is 0.105 e. The Balaban J connectivity index is 1.70. The lowest BCUT2D eigenvalue weighted by Crippen LogP contribution is -2.36. The van der Waals surface area contributed by atoms with E-state index in [2.05, 4.69) is 46.7 Å². The van der Waals surface area contributed by atoms with Crippen LogP contribution in [0.15, 0.2) is 12.4 Å². The van der Waals surface area contributed by atoms with Gasteiger partial charge in [0.15, 0.2) is 0 Å². The second-order valence-electron chi connectivity index (χ2n) is 5.03. The number of imidazole rings is 1. The summed E-state index contributed by atoms with van der Waals surface area (Å²) < 4.78 is 2.24. The van der Waals surface area contributed by atoms with Gasteiger partial charge in [0.25, 0.3) is 0 Å².